The first-order valence-electron chi connectivity index (χ1n) is 6.78. The van der Waals surface area contributed by atoms with Crippen molar-refractivity contribution in [3.05, 3.63) is 35.9 Å². The Morgan fingerprint density at radius 1 is 1.15 bits per heavy atom. The average molecular weight is 293 g/mol. The fourth-order valence-electron chi connectivity index (χ4n) is 1.90. The first-order chi connectivity index (χ1) is 9.50. The Hall–Kier alpha value is -1.46. The van der Waals surface area contributed by atoms with Crippen molar-refractivity contribution in [2.24, 2.45) is 5.73 Å². The Bertz CT molecular complexity index is 434. The average Bonchev–Trinajstić information content (AvgIpc) is 2.42. The van der Waals surface area contributed by atoms with Crippen LogP contribution < -0.4 is 5.73 Å². The molecular weight excluding hydrogens is 270 g/mol. The molecule has 0 radical (unpaired) electrons. The van der Waals surface area contributed by atoms with Gasteiger partial charge in [-0.05, 0) is 39.2 Å². The maximum atomic E-state index is 12.5. The van der Waals surface area contributed by atoms with Crippen LogP contribution in [0.1, 0.15) is 23.2 Å². The van der Waals surface area contributed by atoms with E-state index >= 15 is 0 Å². The van der Waals surface area contributed by atoms with E-state index in [1.165, 1.54) is 0 Å². The van der Waals surface area contributed by atoms with Gasteiger partial charge in [0, 0.05) is 25.1 Å². The van der Waals surface area contributed by atoms with E-state index in [0.29, 0.717) is 30.1 Å². The second kappa shape index (κ2) is 8.66. The molecule has 0 saturated heterocycles. The monoisotopic (exact) mass is 293 g/mol. The molecule has 0 atom stereocenters. The molecule has 5 heteroatoms. The van der Waals surface area contributed by atoms with E-state index < -0.39 is 0 Å². The molecule has 1 aromatic rings. The molecule has 0 aromatic heterocycles. The topological polar surface area (TPSA) is 49.6 Å². The molecule has 2 N–H and O–H groups in total. The van der Waals surface area contributed by atoms with Crippen LogP contribution in [0.4, 0.5) is 0 Å². The summed E-state index contributed by atoms with van der Waals surface area (Å²) in [6.07, 6.45) is 1.50. The van der Waals surface area contributed by atoms with Gasteiger partial charge < -0.3 is 15.5 Å². The fraction of sp³-hybridized carbons (Fsp3) is 0.467. The number of hydrogen-bond donors (Lipinski definition) is 1. The second-order valence-corrected chi connectivity index (χ2v) is 5.56. The van der Waals surface area contributed by atoms with E-state index in [0.717, 1.165) is 13.0 Å². The molecule has 0 unspecified atom stereocenters. The number of carbonyl (C=O) groups excluding carboxylic acids is 1. The lowest BCUT2D eigenvalue weighted by atomic mass is 10.2. The molecule has 110 valence electrons. The van der Waals surface area contributed by atoms with Crippen LogP contribution in [0.2, 0.25) is 0 Å². The highest BCUT2D eigenvalue weighted by Gasteiger charge is 2.15. The van der Waals surface area contributed by atoms with Gasteiger partial charge in [-0.25, -0.2) is 0 Å². The van der Waals surface area contributed by atoms with Crippen molar-refractivity contribution < 1.29 is 4.79 Å². The van der Waals surface area contributed by atoms with E-state index in [1.807, 2.05) is 49.3 Å². The molecule has 0 bridgehead atoms. The van der Waals surface area contributed by atoms with Crippen molar-refractivity contribution in [3.63, 3.8) is 0 Å². The number of carbonyl (C=O) groups is 1. The maximum absolute atomic E-state index is 12.5. The van der Waals surface area contributed by atoms with Crippen LogP contribution in [0.3, 0.4) is 0 Å². The largest absolute Gasteiger partial charge is 0.393 e. The SMILES string of the molecule is CN(C)CCCN(CCC(N)=S)C(=O)c1ccccc1. The summed E-state index contributed by atoms with van der Waals surface area (Å²) < 4.78 is 0. The molecule has 0 saturated carbocycles. The Labute approximate surface area is 126 Å². The number of amides is 1. The first-order valence-corrected chi connectivity index (χ1v) is 7.19. The summed E-state index contributed by atoms with van der Waals surface area (Å²) in [5.41, 5.74) is 6.25. The van der Waals surface area contributed by atoms with Crippen LogP contribution in [-0.2, 0) is 0 Å². The van der Waals surface area contributed by atoms with E-state index in [-0.39, 0.29) is 5.91 Å². The molecule has 1 aromatic carbocycles. The number of thiocarbonyl (C=S) groups is 1. The summed E-state index contributed by atoms with van der Waals surface area (Å²) in [7, 11) is 4.05. The number of nitrogens with two attached hydrogens (primary N) is 1. The van der Waals surface area contributed by atoms with Gasteiger partial charge in [0.15, 0.2) is 0 Å². The molecule has 1 rings (SSSR count). The molecule has 4 nitrogen and oxygen atoms in total. The minimum absolute atomic E-state index is 0.0422. The Morgan fingerprint density at radius 3 is 2.35 bits per heavy atom. The van der Waals surface area contributed by atoms with Crippen molar-refractivity contribution >= 4 is 23.1 Å². The lowest BCUT2D eigenvalue weighted by molar-refractivity contribution is 0.0755. The Balaban J connectivity index is 2.65. The van der Waals surface area contributed by atoms with Gasteiger partial charge in [0.05, 0.1) is 4.99 Å². The Kier molecular flexibility index (Phi) is 7.18. The third-order valence-corrected chi connectivity index (χ3v) is 3.17. The molecule has 0 aliphatic carbocycles. The lowest BCUT2D eigenvalue weighted by Crippen LogP contribution is -2.35. The fourth-order valence-corrected chi connectivity index (χ4v) is 1.99. The molecule has 0 aliphatic heterocycles. The van der Waals surface area contributed by atoms with E-state index in [4.69, 9.17) is 18.0 Å². The van der Waals surface area contributed by atoms with Crippen molar-refractivity contribution in [3.8, 4) is 0 Å². The van der Waals surface area contributed by atoms with Gasteiger partial charge in [-0.15, -0.1) is 0 Å². The third-order valence-electron chi connectivity index (χ3n) is 2.97. The molecule has 1 amide bonds. The third kappa shape index (κ3) is 6.12. The normalized spacial score (nSPS) is 10.6. The molecule has 0 aliphatic rings. The van der Waals surface area contributed by atoms with Crippen LogP contribution in [0.15, 0.2) is 30.3 Å². The van der Waals surface area contributed by atoms with Gasteiger partial charge in [0.25, 0.3) is 5.91 Å². The molecule has 0 fully saturated rings. The van der Waals surface area contributed by atoms with Crippen molar-refractivity contribution in [1.82, 2.24) is 9.80 Å². The predicted octanol–water partition coefficient (Wildman–Crippen LogP) is 1.76. The van der Waals surface area contributed by atoms with Gasteiger partial charge in [-0.1, -0.05) is 30.4 Å². The van der Waals surface area contributed by atoms with Crippen LogP contribution in [0, 0.1) is 0 Å². The maximum Gasteiger partial charge on any atom is 0.253 e. The van der Waals surface area contributed by atoms with Gasteiger partial charge in [-0.3, -0.25) is 4.79 Å². The summed E-state index contributed by atoms with van der Waals surface area (Å²) >= 11 is 4.90. The van der Waals surface area contributed by atoms with Gasteiger partial charge >= 0.3 is 0 Å². The van der Waals surface area contributed by atoms with Gasteiger partial charge in [0.2, 0.25) is 0 Å². The Morgan fingerprint density at radius 2 is 1.80 bits per heavy atom. The van der Waals surface area contributed by atoms with Crippen molar-refractivity contribution in [2.75, 3.05) is 33.7 Å². The number of hydrogen-bond acceptors (Lipinski definition) is 3. The highest BCUT2D eigenvalue weighted by Crippen LogP contribution is 2.06. The summed E-state index contributed by atoms with van der Waals surface area (Å²) in [5.74, 6) is 0.0422. The second-order valence-electron chi connectivity index (χ2n) is 5.03. The smallest absolute Gasteiger partial charge is 0.253 e. The van der Waals surface area contributed by atoms with E-state index in [9.17, 15) is 4.79 Å². The minimum atomic E-state index is 0.0422. The zero-order valence-electron chi connectivity index (χ0n) is 12.2. The predicted molar refractivity (Wildman–Crippen MR) is 86.9 cm³/mol. The summed E-state index contributed by atoms with van der Waals surface area (Å²) in [5, 5.41) is 0. The van der Waals surface area contributed by atoms with Crippen LogP contribution in [-0.4, -0.2) is 54.4 Å². The zero-order valence-corrected chi connectivity index (χ0v) is 13.0. The zero-order chi connectivity index (χ0) is 15.0. The quantitative estimate of drug-likeness (QED) is 0.742. The van der Waals surface area contributed by atoms with Crippen molar-refractivity contribution in [1.29, 1.82) is 0 Å². The molecule has 0 heterocycles. The summed E-state index contributed by atoms with van der Waals surface area (Å²) in [6, 6.07) is 9.32. The standard InChI is InChI=1S/C15H23N3OS/c1-17(2)10-6-11-18(12-9-14(16)20)15(19)13-7-4-3-5-8-13/h3-5,7-8H,6,9-12H2,1-2H3,(H2,16,20). The lowest BCUT2D eigenvalue weighted by Gasteiger charge is -2.23. The van der Waals surface area contributed by atoms with Crippen LogP contribution in [0.5, 0.6) is 0 Å². The highest BCUT2D eigenvalue weighted by molar-refractivity contribution is 7.80. The van der Waals surface area contributed by atoms with Gasteiger partial charge in [-0.2, -0.15) is 0 Å². The number of rotatable bonds is 8. The highest BCUT2D eigenvalue weighted by atomic mass is 32.1. The number of nitrogens with zero attached hydrogens (tertiary/aromatic N) is 2. The van der Waals surface area contributed by atoms with E-state index in [2.05, 4.69) is 4.90 Å². The van der Waals surface area contributed by atoms with Crippen LogP contribution >= 0.6 is 12.2 Å². The first kappa shape index (κ1) is 16.6. The molecule has 0 spiro atoms. The van der Waals surface area contributed by atoms with E-state index in [1.54, 1.807) is 0 Å². The van der Waals surface area contributed by atoms with Crippen molar-refractivity contribution in [2.45, 2.75) is 12.8 Å². The molecular formula is C15H23N3OS. The summed E-state index contributed by atoms with van der Waals surface area (Å²) in [4.78, 5) is 16.9. The summed E-state index contributed by atoms with van der Waals surface area (Å²) in [6.45, 7) is 2.25. The van der Waals surface area contributed by atoms with Gasteiger partial charge in [0.1, 0.15) is 0 Å². The van der Waals surface area contributed by atoms with Crippen LogP contribution in [0.25, 0.3) is 0 Å². The minimum Gasteiger partial charge on any atom is -0.393 e. The number of benzene rings is 1. The molecule has 20 heavy (non-hydrogen) atoms.